The molecule has 0 rings (SSSR count). The van der Waals surface area contributed by atoms with Crippen molar-refractivity contribution in [1.82, 2.24) is 0 Å². The zero-order valence-corrected chi connectivity index (χ0v) is 21.5. The minimum atomic E-state index is 0.874. The highest BCUT2D eigenvalue weighted by Gasteiger charge is 1.97. The average molecular weight is 424 g/mol. The summed E-state index contributed by atoms with van der Waals surface area (Å²) >= 11 is 0. The van der Waals surface area contributed by atoms with Gasteiger partial charge in [-0.15, -0.1) is 0 Å². The number of unbranched alkanes of at least 4 members (excludes halogenated alkanes) is 23. The van der Waals surface area contributed by atoms with Gasteiger partial charge in [0.25, 0.3) is 0 Å². The van der Waals surface area contributed by atoms with Gasteiger partial charge in [-0.3, -0.25) is 0 Å². The Hall–Kier alpha value is -0.0400. The van der Waals surface area contributed by atoms with Gasteiger partial charge in [0, 0.05) is 0 Å². The van der Waals surface area contributed by atoms with Gasteiger partial charge >= 0.3 is 0 Å². The van der Waals surface area contributed by atoms with Gasteiger partial charge in [0.05, 0.1) is 0 Å². The smallest absolute Gasteiger partial charge is 0.00773 e. The first kappa shape index (κ1) is 30.0. The van der Waals surface area contributed by atoms with Crippen molar-refractivity contribution in [3.8, 4) is 0 Å². The molecule has 1 nitrogen and oxygen atoms in total. The van der Waals surface area contributed by atoms with Gasteiger partial charge in [-0.2, -0.15) is 0 Å². The Bertz CT molecular complexity index is 286. The zero-order valence-electron chi connectivity index (χ0n) is 21.5. The molecular weight excluding hydrogens is 362 g/mol. The third kappa shape index (κ3) is 28.0. The predicted octanol–water partition coefficient (Wildman–Crippen LogP) is 10.4. The highest BCUT2D eigenvalue weighted by Crippen LogP contribution is 2.16. The Balaban J connectivity index is 2.99. The molecule has 2 N–H and O–H groups in total. The highest BCUT2D eigenvalue weighted by atomic mass is 14.5. The molecule has 0 radical (unpaired) electrons. The Morgan fingerprint density at radius 3 is 0.733 bits per heavy atom. The van der Waals surface area contributed by atoms with Crippen LogP contribution in [-0.2, 0) is 0 Å². The lowest BCUT2D eigenvalue weighted by atomic mass is 10.0. The Labute approximate surface area is 192 Å². The third-order valence-corrected chi connectivity index (χ3v) is 6.74. The molecule has 0 aliphatic carbocycles. The lowest BCUT2D eigenvalue weighted by Gasteiger charge is -2.05. The van der Waals surface area contributed by atoms with Crippen LogP contribution in [0, 0.1) is 5.92 Å². The SMILES string of the molecule is CC(C)CCCCCCCCCCCCCCCCCCCCCCCCCCN. The summed E-state index contributed by atoms with van der Waals surface area (Å²) in [5.41, 5.74) is 5.53. The molecule has 0 saturated heterocycles. The first-order valence-electron chi connectivity index (χ1n) is 14.5. The quantitative estimate of drug-likeness (QED) is 0.137. The Morgan fingerprint density at radius 2 is 0.533 bits per heavy atom. The van der Waals surface area contributed by atoms with Gasteiger partial charge in [-0.05, 0) is 18.9 Å². The van der Waals surface area contributed by atoms with E-state index in [9.17, 15) is 0 Å². The van der Waals surface area contributed by atoms with E-state index in [2.05, 4.69) is 13.8 Å². The monoisotopic (exact) mass is 423 g/mol. The number of hydrogen-bond donors (Lipinski definition) is 1. The van der Waals surface area contributed by atoms with Crippen molar-refractivity contribution in [2.75, 3.05) is 6.54 Å². The molecule has 1 heteroatoms. The molecule has 0 amide bonds. The summed E-state index contributed by atoms with van der Waals surface area (Å²) in [7, 11) is 0. The molecule has 0 aromatic heterocycles. The topological polar surface area (TPSA) is 26.0 Å². The molecule has 0 saturated carbocycles. The van der Waals surface area contributed by atoms with Crippen LogP contribution in [0.1, 0.15) is 174 Å². The molecule has 30 heavy (non-hydrogen) atoms. The molecule has 0 spiro atoms. The molecule has 0 fully saturated rings. The van der Waals surface area contributed by atoms with Gasteiger partial charge in [0.15, 0.2) is 0 Å². The number of nitrogens with two attached hydrogens (primary N) is 1. The van der Waals surface area contributed by atoms with E-state index in [-0.39, 0.29) is 0 Å². The largest absolute Gasteiger partial charge is 0.330 e. The van der Waals surface area contributed by atoms with Crippen molar-refractivity contribution >= 4 is 0 Å². The summed E-state index contributed by atoms with van der Waals surface area (Å²) < 4.78 is 0. The second-order valence-corrected chi connectivity index (χ2v) is 10.5. The molecule has 0 aliphatic rings. The molecule has 0 atom stereocenters. The van der Waals surface area contributed by atoms with Gasteiger partial charge in [0.2, 0.25) is 0 Å². The van der Waals surface area contributed by atoms with Crippen LogP contribution in [-0.4, -0.2) is 6.54 Å². The molecule has 0 aromatic carbocycles. The minimum absolute atomic E-state index is 0.874. The van der Waals surface area contributed by atoms with Crippen LogP contribution in [0.5, 0.6) is 0 Å². The maximum absolute atomic E-state index is 5.53. The van der Waals surface area contributed by atoms with Gasteiger partial charge in [0.1, 0.15) is 0 Å². The number of hydrogen-bond acceptors (Lipinski definition) is 1. The highest BCUT2D eigenvalue weighted by molar-refractivity contribution is 4.52. The van der Waals surface area contributed by atoms with Crippen LogP contribution in [0.15, 0.2) is 0 Å². The van der Waals surface area contributed by atoms with Crippen molar-refractivity contribution in [2.45, 2.75) is 174 Å². The second-order valence-electron chi connectivity index (χ2n) is 10.5. The van der Waals surface area contributed by atoms with Crippen LogP contribution in [0.4, 0.5) is 0 Å². The van der Waals surface area contributed by atoms with E-state index in [1.807, 2.05) is 0 Å². The molecule has 0 aliphatic heterocycles. The van der Waals surface area contributed by atoms with E-state index in [0.717, 1.165) is 12.5 Å². The fourth-order valence-electron chi connectivity index (χ4n) is 4.59. The molecular formula is C29H61N. The Morgan fingerprint density at radius 1 is 0.333 bits per heavy atom. The van der Waals surface area contributed by atoms with Gasteiger partial charge < -0.3 is 5.73 Å². The van der Waals surface area contributed by atoms with Crippen molar-refractivity contribution in [1.29, 1.82) is 0 Å². The first-order chi connectivity index (χ1) is 14.8. The van der Waals surface area contributed by atoms with E-state index in [4.69, 9.17) is 5.73 Å². The van der Waals surface area contributed by atoms with Crippen LogP contribution in [0.2, 0.25) is 0 Å². The predicted molar refractivity (Wildman–Crippen MR) is 139 cm³/mol. The normalized spacial score (nSPS) is 11.6. The summed E-state index contributed by atoms with van der Waals surface area (Å²) in [5.74, 6) is 0.895. The van der Waals surface area contributed by atoms with E-state index >= 15 is 0 Å². The maximum Gasteiger partial charge on any atom is -0.00773 e. The van der Waals surface area contributed by atoms with Crippen molar-refractivity contribution in [2.24, 2.45) is 11.7 Å². The van der Waals surface area contributed by atoms with Gasteiger partial charge in [-0.25, -0.2) is 0 Å². The van der Waals surface area contributed by atoms with Crippen LogP contribution < -0.4 is 5.73 Å². The molecule has 0 bridgehead atoms. The van der Waals surface area contributed by atoms with E-state index in [0.29, 0.717) is 0 Å². The third-order valence-electron chi connectivity index (χ3n) is 6.74. The lowest BCUT2D eigenvalue weighted by Crippen LogP contribution is -1.97. The summed E-state index contributed by atoms with van der Waals surface area (Å²) in [6.07, 6.45) is 36.3. The second kappa shape index (κ2) is 27.0. The molecule has 0 aromatic rings. The van der Waals surface area contributed by atoms with E-state index in [1.54, 1.807) is 0 Å². The van der Waals surface area contributed by atoms with Gasteiger partial charge in [-0.1, -0.05) is 168 Å². The standard InChI is InChI=1S/C29H61N/c1-29(2)27-25-23-21-19-17-15-13-11-9-7-5-3-4-6-8-10-12-14-16-18-20-22-24-26-28-30/h29H,3-28,30H2,1-2H3. The summed E-state index contributed by atoms with van der Waals surface area (Å²) in [4.78, 5) is 0. The van der Waals surface area contributed by atoms with Crippen LogP contribution >= 0.6 is 0 Å². The molecule has 0 unspecified atom stereocenters. The fraction of sp³-hybridized carbons (Fsp3) is 1.00. The minimum Gasteiger partial charge on any atom is -0.330 e. The maximum atomic E-state index is 5.53. The fourth-order valence-corrected chi connectivity index (χ4v) is 4.59. The van der Waals surface area contributed by atoms with E-state index < -0.39 is 0 Å². The van der Waals surface area contributed by atoms with Crippen LogP contribution in [0.3, 0.4) is 0 Å². The first-order valence-corrected chi connectivity index (χ1v) is 14.5. The van der Waals surface area contributed by atoms with Crippen molar-refractivity contribution in [3.05, 3.63) is 0 Å². The van der Waals surface area contributed by atoms with Crippen molar-refractivity contribution < 1.29 is 0 Å². The summed E-state index contributed by atoms with van der Waals surface area (Å²) in [5, 5.41) is 0. The van der Waals surface area contributed by atoms with Crippen molar-refractivity contribution in [3.63, 3.8) is 0 Å². The zero-order chi connectivity index (χ0) is 22.0. The average Bonchev–Trinajstić information content (AvgIpc) is 2.73. The molecule has 182 valence electrons. The van der Waals surface area contributed by atoms with Crippen LogP contribution in [0.25, 0.3) is 0 Å². The lowest BCUT2D eigenvalue weighted by molar-refractivity contribution is 0.500. The number of rotatable bonds is 26. The summed E-state index contributed by atoms with van der Waals surface area (Å²) in [6, 6.07) is 0. The molecule has 0 heterocycles. The Kier molecular flexibility index (Phi) is 27.0. The summed E-state index contributed by atoms with van der Waals surface area (Å²) in [6.45, 7) is 5.56. The van der Waals surface area contributed by atoms with E-state index in [1.165, 1.54) is 161 Å².